The number of nitrogens with one attached hydrogen (secondary N) is 1. The van der Waals surface area contributed by atoms with Crippen LogP contribution in [-0.4, -0.2) is 32.9 Å². The predicted molar refractivity (Wildman–Crippen MR) is 78.5 cm³/mol. The fraction of sp³-hybridized carbons (Fsp3) is 0.500. The van der Waals surface area contributed by atoms with E-state index in [1.807, 2.05) is 6.92 Å². The van der Waals surface area contributed by atoms with Crippen LogP contribution in [-0.2, 0) is 4.74 Å². The summed E-state index contributed by atoms with van der Waals surface area (Å²) in [5.41, 5.74) is 2.74. The lowest BCUT2D eigenvalue weighted by Gasteiger charge is -2.14. The second-order valence-electron chi connectivity index (χ2n) is 4.61. The Kier molecular flexibility index (Phi) is 5.92. The second-order valence-corrected chi connectivity index (χ2v) is 4.61. The summed E-state index contributed by atoms with van der Waals surface area (Å²) in [6.07, 6.45) is 4.31. The van der Waals surface area contributed by atoms with Crippen LogP contribution < -0.4 is 10.1 Å². The van der Waals surface area contributed by atoms with Gasteiger partial charge in [0.2, 0.25) is 0 Å². The van der Waals surface area contributed by atoms with E-state index in [1.165, 1.54) is 11.1 Å². The maximum Gasteiger partial charge on any atom is 0.119 e. The monoisotopic (exact) mass is 261 g/mol. The van der Waals surface area contributed by atoms with Crippen LogP contribution in [0.15, 0.2) is 30.3 Å². The Bertz CT molecular complexity index is 398. The van der Waals surface area contributed by atoms with Gasteiger partial charge in [-0.1, -0.05) is 18.2 Å². The number of hydrogen-bond acceptors (Lipinski definition) is 3. The van der Waals surface area contributed by atoms with Crippen molar-refractivity contribution in [2.75, 3.05) is 32.9 Å². The van der Waals surface area contributed by atoms with Crippen molar-refractivity contribution < 1.29 is 9.47 Å². The molecule has 0 aromatic heterocycles. The van der Waals surface area contributed by atoms with Crippen molar-refractivity contribution in [3.05, 3.63) is 35.9 Å². The summed E-state index contributed by atoms with van der Waals surface area (Å²) in [5.74, 6) is 0.940. The van der Waals surface area contributed by atoms with Gasteiger partial charge in [0.25, 0.3) is 0 Å². The zero-order valence-electron chi connectivity index (χ0n) is 11.7. The topological polar surface area (TPSA) is 30.5 Å². The van der Waals surface area contributed by atoms with E-state index >= 15 is 0 Å². The largest absolute Gasteiger partial charge is 0.494 e. The molecule has 1 aromatic carbocycles. The first-order chi connectivity index (χ1) is 9.40. The van der Waals surface area contributed by atoms with Crippen molar-refractivity contribution in [2.45, 2.75) is 19.8 Å². The highest BCUT2D eigenvalue weighted by atomic mass is 16.5. The van der Waals surface area contributed by atoms with Crippen LogP contribution in [0.4, 0.5) is 0 Å². The van der Waals surface area contributed by atoms with E-state index in [4.69, 9.17) is 9.47 Å². The highest BCUT2D eigenvalue weighted by molar-refractivity contribution is 5.67. The molecule has 0 spiro atoms. The molecule has 1 aliphatic heterocycles. The van der Waals surface area contributed by atoms with Crippen molar-refractivity contribution in [1.29, 1.82) is 0 Å². The van der Waals surface area contributed by atoms with Gasteiger partial charge in [0, 0.05) is 26.2 Å². The Morgan fingerprint density at radius 2 is 2.00 bits per heavy atom. The van der Waals surface area contributed by atoms with Crippen LogP contribution in [0.3, 0.4) is 0 Å². The van der Waals surface area contributed by atoms with Crippen molar-refractivity contribution in [3.63, 3.8) is 0 Å². The highest BCUT2D eigenvalue weighted by Gasteiger charge is 2.05. The van der Waals surface area contributed by atoms with Crippen LogP contribution in [0.2, 0.25) is 0 Å². The Morgan fingerprint density at radius 1 is 1.16 bits per heavy atom. The lowest BCUT2D eigenvalue weighted by Crippen LogP contribution is -2.19. The molecule has 0 atom stereocenters. The Balaban J connectivity index is 1.79. The fourth-order valence-electron chi connectivity index (χ4n) is 2.15. The first-order valence-corrected chi connectivity index (χ1v) is 7.11. The minimum Gasteiger partial charge on any atom is -0.494 e. The molecule has 0 amide bonds. The van der Waals surface area contributed by atoms with Gasteiger partial charge in [-0.05, 0) is 43.2 Å². The van der Waals surface area contributed by atoms with Gasteiger partial charge in [0.05, 0.1) is 6.61 Å². The standard InChI is InChI=1S/C16H23NO2/c1-2-18-12-3-13-19-16-6-4-14(5-7-16)15-8-10-17-11-9-15/h4-8,17H,2-3,9-13H2,1H3. The van der Waals surface area contributed by atoms with Crippen LogP contribution in [0, 0.1) is 0 Å². The van der Waals surface area contributed by atoms with E-state index < -0.39 is 0 Å². The average Bonchev–Trinajstić information content (AvgIpc) is 2.49. The molecule has 0 saturated heterocycles. The van der Waals surface area contributed by atoms with Gasteiger partial charge < -0.3 is 14.8 Å². The number of hydrogen-bond donors (Lipinski definition) is 1. The second kappa shape index (κ2) is 7.97. The SMILES string of the molecule is CCOCCCOc1ccc(C2=CCNCC2)cc1. The van der Waals surface area contributed by atoms with E-state index in [-0.39, 0.29) is 0 Å². The number of rotatable bonds is 7. The van der Waals surface area contributed by atoms with E-state index in [0.29, 0.717) is 6.61 Å². The van der Waals surface area contributed by atoms with Gasteiger partial charge in [0.1, 0.15) is 5.75 Å². The molecule has 0 radical (unpaired) electrons. The molecule has 2 rings (SSSR count). The van der Waals surface area contributed by atoms with Gasteiger partial charge >= 0.3 is 0 Å². The number of benzene rings is 1. The normalized spacial score (nSPS) is 15.1. The van der Waals surface area contributed by atoms with Crippen LogP contribution in [0.25, 0.3) is 5.57 Å². The van der Waals surface area contributed by atoms with Crippen LogP contribution >= 0.6 is 0 Å². The third-order valence-corrected chi connectivity index (χ3v) is 3.19. The van der Waals surface area contributed by atoms with E-state index in [9.17, 15) is 0 Å². The minimum atomic E-state index is 0.714. The fourth-order valence-corrected chi connectivity index (χ4v) is 2.15. The molecule has 19 heavy (non-hydrogen) atoms. The smallest absolute Gasteiger partial charge is 0.119 e. The summed E-state index contributed by atoms with van der Waals surface area (Å²) < 4.78 is 11.0. The Hall–Kier alpha value is -1.32. The quantitative estimate of drug-likeness (QED) is 0.766. The molecule has 0 saturated carbocycles. The maximum atomic E-state index is 5.68. The molecule has 3 heteroatoms. The van der Waals surface area contributed by atoms with Crippen molar-refractivity contribution in [1.82, 2.24) is 5.32 Å². The number of ether oxygens (including phenoxy) is 2. The summed E-state index contributed by atoms with van der Waals surface area (Å²) >= 11 is 0. The molecule has 0 aliphatic carbocycles. The summed E-state index contributed by atoms with van der Waals surface area (Å²) in [4.78, 5) is 0. The molecule has 1 N–H and O–H groups in total. The highest BCUT2D eigenvalue weighted by Crippen LogP contribution is 2.22. The Labute approximate surface area is 115 Å². The third-order valence-electron chi connectivity index (χ3n) is 3.19. The summed E-state index contributed by atoms with van der Waals surface area (Å²) in [6, 6.07) is 8.40. The zero-order chi connectivity index (χ0) is 13.3. The third kappa shape index (κ3) is 4.69. The molecular weight excluding hydrogens is 238 g/mol. The first kappa shape index (κ1) is 14.1. The van der Waals surface area contributed by atoms with Gasteiger partial charge in [-0.15, -0.1) is 0 Å². The molecule has 0 unspecified atom stereocenters. The van der Waals surface area contributed by atoms with Crippen LogP contribution in [0.5, 0.6) is 5.75 Å². The van der Waals surface area contributed by atoms with E-state index in [1.54, 1.807) is 0 Å². The van der Waals surface area contributed by atoms with Gasteiger partial charge in [-0.2, -0.15) is 0 Å². The lowest BCUT2D eigenvalue weighted by molar-refractivity contribution is 0.131. The van der Waals surface area contributed by atoms with Crippen molar-refractivity contribution >= 4 is 5.57 Å². The molecule has 3 nitrogen and oxygen atoms in total. The van der Waals surface area contributed by atoms with E-state index in [2.05, 4.69) is 35.7 Å². The van der Waals surface area contributed by atoms with E-state index in [0.717, 1.165) is 44.9 Å². The zero-order valence-corrected chi connectivity index (χ0v) is 11.7. The van der Waals surface area contributed by atoms with Gasteiger partial charge in [0.15, 0.2) is 0 Å². The average molecular weight is 261 g/mol. The lowest BCUT2D eigenvalue weighted by atomic mass is 10.0. The molecule has 104 valence electrons. The Morgan fingerprint density at radius 3 is 2.68 bits per heavy atom. The van der Waals surface area contributed by atoms with Crippen LogP contribution in [0.1, 0.15) is 25.3 Å². The first-order valence-electron chi connectivity index (χ1n) is 7.11. The summed E-state index contributed by atoms with van der Waals surface area (Å²) in [5, 5.41) is 3.33. The molecule has 1 heterocycles. The molecule has 1 aromatic rings. The molecule has 0 bridgehead atoms. The maximum absolute atomic E-state index is 5.68. The van der Waals surface area contributed by atoms with Gasteiger partial charge in [-0.3, -0.25) is 0 Å². The molecule has 0 fully saturated rings. The van der Waals surface area contributed by atoms with Crippen molar-refractivity contribution in [2.24, 2.45) is 0 Å². The summed E-state index contributed by atoms with van der Waals surface area (Å²) in [6.45, 7) is 6.32. The van der Waals surface area contributed by atoms with Crippen molar-refractivity contribution in [3.8, 4) is 5.75 Å². The molecule has 1 aliphatic rings. The minimum absolute atomic E-state index is 0.714. The molecular formula is C16H23NO2. The van der Waals surface area contributed by atoms with Gasteiger partial charge in [-0.25, -0.2) is 0 Å². The predicted octanol–water partition coefficient (Wildman–Crippen LogP) is 2.87. The summed E-state index contributed by atoms with van der Waals surface area (Å²) in [7, 11) is 0.